The van der Waals surface area contributed by atoms with E-state index in [1.807, 2.05) is 32.0 Å². The van der Waals surface area contributed by atoms with E-state index in [1.54, 1.807) is 30.5 Å². The van der Waals surface area contributed by atoms with E-state index >= 15 is 0 Å². The van der Waals surface area contributed by atoms with Crippen molar-refractivity contribution < 1.29 is 14.0 Å². The lowest BCUT2D eigenvalue weighted by Crippen LogP contribution is -2.39. The SMILES string of the molecule is CCc1cccc(C)c1NC(=O)CN1C(=O)CC(c2ccc(F)cc2)=Nc2cccnc21. The monoisotopic (exact) mass is 430 g/mol. The first kappa shape index (κ1) is 21.4. The fourth-order valence-corrected chi connectivity index (χ4v) is 3.72. The first-order valence-corrected chi connectivity index (χ1v) is 10.4. The molecule has 0 unspecified atom stereocenters. The molecule has 32 heavy (non-hydrogen) atoms. The van der Waals surface area contributed by atoms with E-state index in [-0.39, 0.29) is 30.6 Å². The maximum atomic E-state index is 13.3. The van der Waals surface area contributed by atoms with Crippen LogP contribution in [0.1, 0.15) is 30.0 Å². The number of rotatable bonds is 5. The first-order chi connectivity index (χ1) is 15.5. The van der Waals surface area contributed by atoms with Gasteiger partial charge in [-0.3, -0.25) is 14.5 Å². The third-order valence-electron chi connectivity index (χ3n) is 5.38. The molecule has 7 heteroatoms. The topological polar surface area (TPSA) is 74.7 Å². The Balaban J connectivity index is 1.62. The van der Waals surface area contributed by atoms with Crippen molar-refractivity contribution in [2.45, 2.75) is 26.7 Å². The highest BCUT2D eigenvalue weighted by Crippen LogP contribution is 2.31. The zero-order valence-electron chi connectivity index (χ0n) is 17.9. The van der Waals surface area contributed by atoms with E-state index in [4.69, 9.17) is 0 Å². The van der Waals surface area contributed by atoms with Crippen LogP contribution < -0.4 is 10.2 Å². The van der Waals surface area contributed by atoms with Crippen LogP contribution in [0.3, 0.4) is 0 Å². The number of aliphatic imine (C=N–C) groups is 1. The summed E-state index contributed by atoms with van der Waals surface area (Å²) in [6.07, 6.45) is 2.31. The number of carbonyl (C=O) groups is 2. The first-order valence-electron chi connectivity index (χ1n) is 10.4. The minimum absolute atomic E-state index is 0.0279. The summed E-state index contributed by atoms with van der Waals surface area (Å²) in [5.74, 6) is -0.659. The Kier molecular flexibility index (Phi) is 6.07. The maximum absolute atomic E-state index is 13.3. The highest BCUT2D eigenvalue weighted by atomic mass is 19.1. The van der Waals surface area contributed by atoms with Gasteiger partial charge >= 0.3 is 0 Å². The minimum atomic E-state index is -0.364. The number of hydrogen-bond acceptors (Lipinski definition) is 4. The molecular weight excluding hydrogens is 407 g/mol. The molecule has 2 amide bonds. The number of hydrogen-bond donors (Lipinski definition) is 1. The van der Waals surface area contributed by atoms with Crippen molar-refractivity contribution in [2.75, 3.05) is 16.8 Å². The van der Waals surface area contributed by atoms with Gasteiger partial charge in [0.15, 0.2) is 5.82 Å². The van der Waals surface area contributed by atoms with E-state index in [1.165, 1.54) is 17.0 Å². The molecule has 2 heterocycles. The second-order valence-electron chi connectivity index (χ2n) is 7.58. The van der Waals surface area contributed by atoms with Gasteiger partial charge in [-0.15, -0.1) is 0 Å². The van der Waals surface area contributed by atoms with E-state index in [9.17, 15) is 14.0 Å². The molecule has 0 aliphatic carbocycles. The summed E-state index contributed by atoms with van der Waals surface area (Å²) in [6.45, 7) is 3.77. The van der Waals surface area contributed by atoms with Crippen molar-refractivity contribution in [3.8, 4) is 0 Å². The molecule has 0 radical (unpaired) electrons. The molecule has 1 aliphatic heterocycles. The average Bonchev–Trinajstić information content (AvgIpc) is 2.92. The summed E-state index contributed by atoms with van der Waals surface area (Å²) in [6, 6.07) is 15.2. The molecule has 0 fully saturated rings. The van der Waals surface area contributed by atoms with Crippen LogP contribution in [0.5, 0.6) is 0 Å². The lowest BCUT2D eigenvalue weighted by molar-refractivity contribution is -0.120. The second-order valence-corrected chi connectivity index (χ2v) is 7.58. The van der Waals surface area contributed by atoms with Crippen LogP contribution in [0.2, 0.25) is 0 Å². The van der Waals surface area contributed by atoms with Crippen molar-refractivity contribution in [1.29, 1.82) is 0 Å². The molecule has 0 saturated carbocycles. The number of amides is 2. The Hall–Kier alpha value is -3.87. The number of aromatic nitrogens is 1. The second kappa shape index (κ2) is 9.09. The van der Waals surface area contributed by atoms with Gasteiger partial charge in [-0.1, -0.05) is 37.3 Å². The van der Waals surface area contributed by atoms with E-state index < -0.39 is 0 Å². The van der Waals surface area contributed by atoms with E-state index in [0.717, 1.165) is 23.2 Å². The third kappa shape index (κ3) is 4.42. The highest BCUT2D eigenvalue weighted by Gasteiger charge is 2.28. The van der Waals surface area contributed by atoms with Gasteiger partial charge in [-0.05, 0) is 54.3 Å². The molecule has 0 saturated heterocycles. The number of nitrogens with one attached hydrogen (secondary N) is 1. The van der Waals surface area contributed by atoms with Crippen molar-refractivity contribution in [3.63, 3.8) is 0 Å². The number of carbonyl (C=O) groups excluding carboxylic acids is 2. The fraction of sp³-hybridized carbons (Fsp3) is 0.200. The number of aryl methyl sites for hydroxylation is 2. The van der Waals surface area contributed by atoms with Gasteiger partial charge in [0.25, 0.3) is 0 Å². The van der Waals surface area contributed by atoms with Crippen LogP contribution >= 0.6 is 0 Å². The largest absolute Gasteiger partial charge is 0.324 e. The molecule has 1 aliphatic rings. The molecule has 0 spiro atoms. The van der Waals surface area contributed by atoms with Crippen molar-refractivity contribution >= 4 is 34.7 Å². The number of halogens is 1. The number of anilines is 2. The van der Waals surface area contributed by atoms with Crippen LogP contribution in [0.4, 0.5) is 21.6 Å². The van der Waals surface area contributed by atoms with Gasteiger partial charge in [-0.2, -0.15) is 0 Å². The number of pyridine rings is 1. The normalized spacial score (nSPS) is 13.3. The smallest absolute Gasteiger partial charge is 0.244 e. The summed E-state index contributed by atoms with van der Waals surface area (Å²) in [4.78, 5) is 36.4. The molecular formula is C25H23FN4O2. The summed E-state index contributed by atoms with van der Waals surface area (Å²) in [5.41, 5.74) is 4.39. The molecule has 1 N–H and O–H groups in total. The predicted octanol–water partition coefficient (Wildman–Crippen LogP) is 4.59. The van der Waals surface area contributed by atoms with Gasteiger partial charge < -0.3 is 5.32 Å². The zero-order chi connectivity index (χ0) is 22.7. The standard InChI is InChI=1S/C25H23FN4O2/c1-3-17-7-4-6-16(2)24(17)29-22(31)15-30-23(32)14-21(18-9-11-19(26)12-10-18)28-20-8-5-13-27-25(20)30/h4-13H,3,14-15H2,1-2H3,(H,29,31). The third-order valence-corrected chi connectivity index (χ3v) is 5.38. The summed E-state index contributed by atoms with van der Waals surface area (Å²) in [5, 5.41) is 2.96. The lowest BCUT2D eigenvalue weighted by Gasteiger charge is -2.21. The van der Waals surface area contributed by atoms with Gasteiger partial charge in [0.1, 0.15) is 18.0 Å². The lowest BCUT2D eigenvalue weighted by atomic mass is 10.1. The minimum Gasteiger partial charge on any atom is -0.324 e. The summed E-state index contributed by atoms with van der Waals surface area (Å²) in [7, 11) is 0. The number of benzene rings is 2. The molecule has 0 atom stereocenters. The van der Waals surface area contributed by atoms with Crippen LogP contribution in [0.15, 0.2) is 65.8 Å². The van der Waals surface area contributed by atoms with Gasteiger partial charge in [0, 0.05) is 11.9 Å². The Bertz CT molecular complexity index is 1200. The van der Waals surface area contributed by atoms with Crippen LogP contribution in [-0.4, -0.2) is 29.1 Å². The quantitative estimate of drug-likeness (QED) is 0.643. The fourth-order valence-electron chi connectivity index (χ4n) is 3.72. The van der Waals surface area contributed by atoms with Crippen molar-refractivity contribution in [1.82, 2.24) is 4.98 Å². The van der Waals surface area contributed by atoms with E-state index in [0.29, 0.717) is 22.8 Å². The van der Waals surface area contributed by atoms with E-state index in [2.05, 4.69) is 15.3 Å². The molecule has 3 aromatic rings. The van der Waals surface area contributed by atoms with Crippen LogP contribution in [0.25, 0.3) is 0 Å². The van der Waals surface area contributed by atoms with Crippen molar-refractivity contribution in [2.24, 2.45) is 4.99 Å². The van der Waals surface area contributed by atoms with Gasteiger partial charge in [0.2, 0.25) is 11.8 Å². The number of nitrogens with zero attached hydrogens (tertiary/aromatic N) is 3. The highest BCUT2D eigenvalue weighted by molar-refractivity contribution is 6.18. The Morgan fingerprint density at radius 2 is 1.91 bits per heavy atom. The van der Waals surface area contributed by atoms with Gasteiger partial charge in [0.05, 0.1) is 12.1 Å². The Labute approximate surface area is 185 Å². The summed E-state index contributed by atoms with van der Waals surface area (Å²) >= 11 is 0. The number of fused-ring (bicyclic) bond motifs is 1. The molecule has 4 rings (SSSR count). The average molecular weight is 430 g/mol. The molecule has 1 aromatic heterocycles. The van der Waals surface area contributed by atoms with Crippen molar-refractivity contribution in [3.05, 3.63) is 83.3 Å². The van der Waals surface area contributed by atoms with Gasteiger partial charge in [-0.25, -0.2) is 14.4 Å². The Morgan fingerprint density at radius 3 is 2.66 bits per heavy atom. The van der Waals surface area contributed by atoms with Crippen LogP contribution in [0, 0.1) is 12.7 Å². The molecule has 162 valence electrons. The number of para-hydroxylation sites is 1. The predicted molar refractivity (Wildman–Crippen MR) is 123 cm³/mol. The zero-order valence-corrected chi connectivity index (χ0v) is 17.9. The van der Waals surface area contributed by atoms with Crippen LogP contribution in [-0.2, 0) is 16.0 Å². The molecule has 2 aromatic carbocycles. The molecule has 0 bridgehead atoms. The Morgan fingerprint density at radius 1 is 1.12 bits per heavy atom. The molecule has 6 nitrogen and oxygen atoms in total. The summed E-state index contributed by atoms with van der Waals surface area (Å²) < 4.78 is 13.3. The maximum Gasteiger partial charge on any atom is 0.244 e.